The van der Waals surface area contributed by atoms with Crippen molar-refractivity contribution in [1.82, 2.24) is 9.88 Å². The molecule has 0 aromatic carbocycles. The van der Waals surface area contributed by atoms with Crippen molar-refractivity contribution < 1.29 is 14.6 Å². The van der Waals surface area contributed by atoms with E-state index in [1.807, 2.05) is 5.38 Å². The lowest BCUT2D eigenvalue weighted by atomic mass is 10.0. The lowest BCUT2D eigenvalue weighted by Crippen LogP contribution is -2.53. The van der Waals surface area contributed by atoms with Gasteiger partial charge in [-0.05, 0) is 14.0 Å². The van der Waals surface area contributed by atoms with Gasteiger partial charge in [0.1, 0.15) is 5.54 Å². The molecule has 1 N–H and O–H groups in total. The second-order valence-electron chi connectivity index (χ2n) is 3.85. The number of carboxylic acid groups (broad SMARTS) is 1. The van der Waals surface area contributed by atoms with Gasteiger partial charge in [0.2, 0.25) is 0 Å². The van der Waals surface area contributed by atoms with Crippen LogP contribution in [0.1, 0.15) is 12.6 Å². The summed E-state index contributed by atoms with van der Waals surface area (Å²) in [4.78, 5) is 17.1. The van der Waals surface area contributed by atoms with Gasteiger partial charge >= 0.3 is 5.97 Å². The van der Waals surface area contributed by atoms with E-state index in [1.165, 1.54) is 18.4 Å². The van der Waals surface area contributed by atoms with Crippen molar-refractivity contribution in [3.05, 3.63) is 16.6 Å². The first-order chi connectivity index (χ1) is 7.50. The maximum absolute atomic E-state index is 11.2. The Bertz CT molecular complexity index is 342. The Kier molecular flexibility index (Phi) is 4.40. The number of rotatable bonds is 6. The lowest BCUT2D eigenvalue weighted by Gasteiger charge is -2.33. The standard InChI is InChI=1S/C10H16N2O3S/c1-10(6-15-3,9(13)14)12(2)4-8-5-16-7-11-8/h5,7H,4,6H2,1-3H3,(H,13,14). The lowest BCUT2D eigenvalue weighted by molar-refractivity contribution is -0.153. The van der Waals surface area contributed by atoms with Gasteiger partial charge in [-0.15, -0.1) is 11.3 Å². The molecule has 0 amide bonds. The molecule has 1 aromatic heterocycles. The second kappa shape index (κ2) is 5.38. The highest BCUT2D eigenvalue weighted by atomic mass is 32.1. The summed E-state index contributed by atoms with van der Waals surface area (Å²) in [6.07, 6.45) is 0. The minimum Gasteiger partial charge on any atom is -0.480 e. The molecule has 0 aliphatic heterocycles. The van der Waals surface area contributed by atoms with Crippen molar-refractivity contribution in [1.29, 1.82) is 0 Å². The Labute approximate surface area is 98.7 Å². The van der Waals surface area contributed by atoms with E-state index in [2.05, 4.69) is 4.98 Å². The Hall–Kier alpha value is -0.980. The van der Waals surface area contributed by atoms with Gasteiger partial charge in [0.25, 0.3) is 0 Å². The maximum atomic E-state index is 11.2. The van der Waals surface area contributed by atoms with Gasteiger partial charge in [0.15, 0.2) is 0 Å². The van der Waals surface area contributed by atoms with Crippen LogP contribution in [-0.2, 0) is 16.1 Å². The molecule has 90 valence electrons. The van der Waals surface area contributed by atoms with Gasteiger partial charge < -0.3 is 9.84 Å². The number of carboxylic acids is 1. The molecule has 0 aliphatic rings. The first kappa shape index (κ1) is 13.1. The number of carbonyl (C=O) groups is 1. The number of thiazole rings is 1. The molecule has 1 rings (SSSR count). The molecule has 5 nitrogen and oxygen atoms in total. The third kappa shape index (κ3) is 2.78. The summed E-state index contributed by atoms with van der Waals surface area (Å²) in [7, 11) is 3.25. The van der Waals surface area contributed by atoms with Crippen LogP contribution in [0.25, 0.3) is 0 Å². The molecule has 1 aromatic rings. The van der Waals surface area contributed by atoms with Crippen LogP contribution >= 0.6 is 11.3 Å². The van der Waals surface area contributed by atoms with E-state index in [4.69, 9.17) is 4.74 Å². The van der Waals surface area contributed by atoms with Crippen molar-refractivity contribution in [2.24, 2.45) is 0 Å². The van der Waals surface area contributed by atoms with Crippen molar-refractivity contribution in [3.8, 4) is 0 Å². The molecule has 0 bridgehead atoms. The molecule has 1 unspecified atom stereocenters. The Morgan fingerprint density at radius 3 is 2.88 bits per heavy atom. The third-order valence-corrected chi connectivity index (χ3v) is 3.25. The Balaban J connectivity index is 2.75. The highest BCUT2D eigenvalue weighted by molar-refractivity contribution is 7.07. The molecule has 0 spiro atoms. The zero-order valence-electron chi connectivity index (χ0n) is 9.64. The van der Waals surface area contributed by atoms with E-state index in [9.17, 15) is 9.90 Å². The van der Waals surface area contributed by atoms with Gasteiger partial charge in [0.05, 0.1) is 17.8 Å². The average Bonchev–Trinajstić information content (AvgIpc) is 2.70. The molecular formula is C10H16N2O3S. The number of likely N-dealkylation sites (N-methyl/N-ethyl adjacent to an activating group) is 1. The summed E-state index contributed by atoms with van der Waals surface area (Å²) in [6, 6.07) is 0. The summed E-state index contributed by atoms with van der Waals surface area (Å²) >= 11 is 1.50. The van der Waals surface area contributed by atoms with Crippen molar-refractivity contribution in [2.75, 3.05) is 20.8 Å². The molecule has 0 fully saturated rings. The number of hydrogen-bond donors (Lipinski definition) is 1. The van der Waals surface area contributed by atoms with E-state index >= 15 is 0 Å². The molecule has 6 heteroatoms. The number of ether oxygens (including phenoxy) is 1. The molecule has 16 heavy (non-hydrogen) atoms. The maximum Gasteiger partial charge on any atom is 0.326 e. The molecule has 1 heterocycles. The Morgan fingerprint density at radius 1 is 1.75 bits per heavy atom. The highest BCUT2D eigenvalue weighted by Gasteiger charge is 2.37. The first-order valence-corrected chi connectivity index (χ1v) is 5.75. The topological polar surface area (TPSA) is 62.7 Å². The fraction of sp³-hybridized carbons (Fsp3) is 0.600. The van der Waals surface area contributed by atoms with Crippen LogP contribution in [0.15, 0.2) is 10.9 Å². The van der Waals surface area contributed by atoms with Crippen LogP contribution in [0.2, 0.25) is 0 Å². The predicted molar refractivity (Wildman–Crippen MR) is 61.5 cm³/mol. The van der Waals surface area contributed by atoms with Gasteiger partial charge in [-0.1, -0.05) is 0 Å². The van der Waals surface area contributed by atoms with E-state index < -0.39 is 11.5 Å². The number of nitrogens with zero attached hydrogens (tertiary/aromatic N) is 2. The SMILES string of the molecule is COCC(C)(C(=O)O)N(C)Cc1cscn1. The normalized spacial score (nSPS) is 15.0. The fourth-order valence-corrected chi connectivity index (χ4v) is 1.90. The zero-order chi connectivity index (χ0) is 12.2. The summed E-state index contributed by atoms with van der Waals surface area (Å²) in [6.45, 7) is 2.28. The third-order valence-electron chi connectivity index (χ3n) is 2.61. The number of methoxy groups -OCH3 is 1. The van der Waals surface area contributed by atoms with Crippen LogP contribution in [-0.4, -0.2) is 47.3 Å². The van der Waals surface area contributed by atoms with Crippen LogP contribution < -0.4 is 0 Å². The molecule has 0 aliphatic carbocycles. The van der Waals surface area contributed by atoms with Crippen molar-refractivity contribution >= 4 is 17.3 Å². The largest absolute Gasteiger partial charge is 0.480 e. The number of hydrogen-bond acceptors (Lipinski definition) is 5. The molecule has 0 saturated carbocycles. The van der Waals surface area contributed by atoms with Crippen molar-refractivity contribution in [3.63, 3.8) is 0 Å². The minimum atomic E-state index is -1.03. The summed E-state index contributed by atoms with van der Waals surface area (Å²) in [5.41, 5.74) is 1.58. The molecule has 1 atom stereocenters. The Morgan fingerprint density at radius 2 is 2.44 bits per heavy atom. The van der Waals surface area contributed by atoms with Crippen LogP contribution in [0.4, 0.5) is 0 Å². The summed E-state index contributed by atoms with van der Waals surface area (Å²) in [5, 5.41) is 11.1. The average molecular weight is 244 g/mol. The van der Waals surface area contributed by atoms with E-state index in [0.29, 0.717) is 6.54 Å². The van der Waals surface area contributed by atoms with Gasteiger partial charge in [-0.2, -0.15) is 0 Å². The van der Waals surface area contributed by atoms with Gasteiger partial charge in [-0.3, -0.25) is 9.69 Å². The van der Waals surface area contributed by atoms with Crippen LogP contribution in [0.3, 0.4) is 0 Å². The quantitative estimate of drug-likeness (QED) is 0.811. The predicted octanol–water partition coefficient (Wildman–Crippen LogP) is 1.06. The monoisotopic (exact) mass is 244 g/mol. The second-order valence-corrected chi connectivity index (χ2v) is 4.57. The summed E-state index contributed by atoms with van der Waals surface area (Å²) in [5.74, 6) is -0.896. The van der Waals surface area contributed by atoms with Gasteiger partial charge in [-0.25, -0.2) is 4.98 Å². The fourth-order valence-electron chi connectivity index (χ4n) is 1.35. The molecule has 0 saturated heterocycles. The van der Waals surface area contributed by atoms with E-state index in [-0.39, 0.29) is 6.61 Å². The number of aromatic nitrogens is 1. The smallest absolute Gasteiger partial charge is 0.326 e. The van der Waals surface area contributed by atoms with Gasteiger partial charge in [0, 0.05) is 19.0 Å². The summed E-state index contributed by atoms with van der Waals surface area (Å²) < 4.78 is 4.97. The minimum absolute atomic E-state index is 0.142. The van der Waals surface area contributed by atoms with Crippen molar-refractivity contribution in [2.45, 2.75) is 19.0 Å². The first-order valence-electron chi connectivity index (χ1n) is 4.81. The zero-order valence-corrected chi connectivity index (χ0v) is 10.5. The molecular weight excluding hydrogens is 228 g/mol. The number of aliphatic carboxylic acids is 1. The molecule has 0 radical (unpaired) electrons. The van der Waals surface area contributed by atoms with Crippen LogP contribution in [0.5, 0.6) is 0 Å². The van der Waals surface area contributed by atoms with E-state index in [1.54, 1.807) is 24.4 Å². The van der Waals surface area contributed by atoms with Crippen LogP contribution in [0, 0.1) is 0 Å². The highest BCUT2D eigenvalue weighted by Crippen LogP contribution is 2.17. The van der Waals surface area contributed by atoms with E-state index in [0.717, 1.165) is 5.69 Å².